The first-order valence-corrected chi connectivity index (χ1v) is 5.94. The number of hydrogen-bond donors (Lipinski definition) is 1. The van der Waals surface area contributed by atoms with Gasteiger partial charge in [-0.1, -0.05) is 19.9 Å². The van der Waals surface area contributed by atoms with E-state index in [0.29, 0.717) is 18.1 Å². The Hall–Kier alpha value is -1.35. The lowest BCUT2D eigenvalue weighted by molar-refractivity contribution is -0.136. The molecule has 1 unspecified atom stereocenters. The molecule has 0 saturated carbocycles. The minimum absolute atomic E-state index is 0.358. The second-order valence-electron chi connectivity index (χ2n) is 4.98. The molecule has 1 rings (SSSR count). The molecule has 1 aromatic rings. The Kier molecular flexibility index (Phi) is 4.70. The average molecular weight is 235 g/mol. The van der Waals surface area contributed by atoms with E-state index in [2.05, 4.69) is 0 Å². The summed E-state index contributed by atoms with van der Waals surface area (Å²) in [6.07, 6.45) is 0.642. The largest absolute Gasteiger partial charge is 0.425 e. The lowest BCUT2D eigenvalue weighted by Crippen LogP contribution is -2.35. The number of nitrogens with two attached hydrogens (primary N) is 1. The van der Waals surface area contributed by atoms with Crippen LogP contribution in [0.5, 0.6) is 5.75 Å². The van der Waals surface area contributed by atoms with E-state index in [9.17, 15) is 4.79 Å². The molecule has 17 heavy (non-hydrogen) atoms. The van der Waals surface area contributed by atoms with Crippen LogP contribution < -0.4 is 10.5 Å². The number of hydrogen-bond acceptors (Lipinski definition) is 3. The fraction of sp³-hybridized carbons (Fsp3) is 0.500. The van der Waals surface area contributed by atoms with Crippen LogP contribution in [-0.2, 0) is 4.79 Å². The quantitative estimate of drug-likeness (QED) is 0.644. The number of carbonyl (C=O) groups is 1. The van der Waals surface area contributed by atoms with E-state index in [-0.39, 0.29) is 5.97 Å². The van der Waals surface area contributed by atoms with Crippen molar-refractivity contribution in [2.75, 3.05) is 0 Å². The van der Waals surface area contributed by atoms with Crippen LogP contribution in [0.25, 0.3) is 0 Å². The van der Waals surface area contributed by atoms with Crippen LogP contribution in [0.3, 0.4) is 0 Å². The summed E-state index contributed by atoms with van der Waals surface area (Å²) in [5, 5.41) is 0. The van der Waals surface area contributed by atoms with Gasteiger partial charge in [0.05, 0.1) is 0 Å². The van der Waals surface area contributed by atoms with Crippen molar-refractivity contribution >= 4 is 5.97 Å². The smallest absolute Gasteiger partial charge is 0.328 e. The van der Waals surface area contributed by atoms with E-state index in [1.807, 2.05) is 45.9 Å². The number of ether oxygens (including phenoxy) is 1. The number of benzene rings is 1. The summed E-state index contributed by atoms with van der Waals surface area (Å²) < 4.78 is 5.27. The summed E-state index contributed by atoms with van der Waals surface area (Å²) >= 11 is 0. The highest BCUT2D eigenvalue weighted by atomic mass is 16.5. The number of aryl methyl sites for hydroxylation is 2. The third-order valence-electron chi connectivity index (χ3n) is 2.44. The number of esters is 1. The minimum atomic E-state index is -0.546. The minimum Gasteiger partial charge on any atom is -0.425 e. The Bertz CT molecular complexity index is 379. The molecule has 3 nitrogen and oxygen atoms in total. The Labute approximate surface area is 103 Å². The molecule has 1 atom stereocenters. The Morgan fingerprint density at radius 1 is 1.24 bits per heavy atom. The lowest BCUT2D eigenvalue weighted by atomic mass is 10.0. The highest BCUT2D eigenvalue weighted by Gasteiger charge is 2.17. The van der Waals surface area contributed by atoms with Gasteiger partial charge in [0.15, 0.2) is 0 Å². The van der Waals surface area contributed by atoms with Crippen molar-refractivity contribution in [3.63, 3.8) is 0 Å². The van der Waals surface area contributed by atoms with Crippen molar-refractivity contribution < 1.29 is 9.53 Å². The molecule has 1 aromatic carbocycles. The molecule has 0 aromatic heterocycles. The van der Waals surface area contributed by atoms with E-state index in [0.717, 1.165) is 11.1 Å². The van der Waals surface area contributed by atoms with Gasteiger partial charge >= 0.3 is 5.97 Å². The van der Waals surface area contributed by atoms with Crippen LogP contribution in [0.2, 0.25) is 0 Å². The molecular formula is C14H21NO2. The third-order valence-corrected chi connectivity index (χ3v) is 2.44. The molecule has 0 amide bonds. The van der Waals surface area contributed by atoms with Crippen LogP contribution in [0.15, 0.2) is 18.2 Å². The van der Waals surface area contributed by atoms with Crippen molar-refractivity contribution in [1.29, 1.82) is 0 Å². The molecule has 94 valence electrons. The van der Waals surface area contributed by atoms with Crippen molar-refractivity contribution in [2.45, 2.75) is 40.2 Å². The molecule has 0 spiro atoms. The monoisotopic (exact) mass is 235 g/mol. The summed E-state index contributed by atoms with van der Waals surface area (Å²) in [5.41, 5.74) is 7.92. The molecule has 0 heterocycles. The van der Waals surface area contributed by atoms with Crippen molar-refractivity contribution in [1.82, 2.24) is 0 Å². The summed E-state index contributed by atoms with van der Waals surface area (Å²) in [7, 11) is 0. The van der Waals surface area contributed by atoms with Gasteiger partial charge in [0.25, 0.3) is 0 Å². The first-order valence-electron chi connectivity index (χ1n) is 5.94. The van der Waals surface area contributed by atoms with Crippen LogP contribution >= 0.6 is 0 Å². The maximum absolute atomic E-state index is 11.7. The fourth-order valence-corrected chi connectivity index (χ4v) is 1.79. The van der Waals surface area contributed by atoms with Gasteiger partial charge in [0, 0.05) is 0 Å². The van der Waals surface area contributed by atoms with E-state index in [4.69, 9.17) is 10.5 Å². The van der Waals surface area contributed by atoms with Gasteiger partial charge in [-0.25, -0.2) is 4.79 Å². The number of rotatable bonds is 4. The van der Waals surface area contributed by atoms with E-state index in [1.54, 1.807) is 0 Å². The zero-order valence-electron chi connectivity index (χ0n) is 11.0. The molecule has 0 bridgehead atoms. The van der Waals surface area contributed by atoms with E-state index in [1.165, 1.54) is 0 Å². The van der Waals surface area contributed by atoms with Gasteiger partial charge in [-0.3, -0.25) is 0 Å². The van der Waals surface area contributed by atoms with Gasteiger partial charge in [0.2, 0.25) is 0 Å². The Balaban J connectivity index is 2.67. The lowest BCUT2D eigenvalue weighted by Gasteiger charge is -2.13. The van der Waals surface area contributed by atoms with Crippen molar-refractivity contribution in [2.24, 2.45) is 11.7 Å². The molecule has 2 N–H and O–H groups in total. The second kappa shape index (κ2) is 5.82. The summed E-state index contributed by atoms with van der Waals surface area (Å²) in [4.78, 5) is 11.7. The Morgan fingerprint density at radius 2 is 1.76 bits per heavy atom. The molecule has 3 heteroatoms. The first-order chi connectivity index (χ1) is 7.88. The molecular weight excluding hydrogens is 214 g/mol. The highest BCUT2D eigenvalue weighted by molar-refractivity contribution is 5.78. The van der Waals surface area contributed by atoms with Gasteiger partial charge in [-0.05, 0) is 49.4 Å². The van der Waals surface area contributed by atoms with Crippen LogP contribution in [0, 0.1) is 19.8 Å². The maximum Gasteiger partial charge on any atom is 0.328 e. The maximum atomic E-state index is 11.7. The van der Waals surface area contributed by atoms with Gasteiger partial charge in [0.1, 0.15) is 11.8 Å². The molecule has 0 fully saturated rings. The van der Waals surface area contributed by atoms with Crippen LogP contribution in [0.1, 0.15) is 31.4 Å². The molecule has 0 aliphatic carbocycles. The Morgan fingerprint density at radius 3 is 2.24 bits per heavy atom. The van der Waals surface area contributed by atoms with Gasteiger partial charge in [-0.2, -0.15) is 0 Å². The summed E-state index contributed by atoms with van der Waals surface area (Å²) in [6.45, 7) is 8.00. The summed E-state index contributed by atoms with van der Waals surface area (Å²) in [5.74, 6) is 0.604. The van der Waals surface area contributed by atoms with Gasteiger partial charge < -0.3 is 10.5 Å². The predicted octanol–water partition coefficient (Wildman–Crippen LogP) is 2.58. The van der Waals surface area contributed by atoms with Gasteiger partial charge in [-0.15, -0.1) is 0 Å². The van der Waals surface area contributed by atoms with E-state index >= 15 is 0 Å². The SMILES string of the molecule is Cc1cc(C)cc(OC(=O)C(N)CC(C)C)c1. The molecule has 0 radical (unpaired) electrons. The molecule has 0 aliphatic heterocycles. The highest BCUT2D eigenvalue weighted by Crippen LogP contribution is 2.17. The normalized spacial score (nSPS) is 12.6. The summed E-state index contributed by atoms with van der Waals surface area (Å²) in [6, 6.07) is 5.17. The fourth-order valence-electron chi connectivity index (χ4n) is 1.79. The molecule has 0 saturated heterocycles. The van der Waals surface area contributed by atoms with Crippen LogP contribution in [-0.4, -0.2) is 12.0 Å². The first kappa shape index (κ1) is 13.7. The number of carbonyl (C=O) groups excluding carboxylic acids is 1. The standard InChI is InChI=1S/C14H21NO2/c1-9(2)5-13(15)14(16)17-12-7-10(3)6-11(4)8-12/h6-9,13H,5,15H2,1-4H3. The molecule has 0 aliphatic rings. The second-order valence-corrected chi connectivity index (χ2v) is 4.98. The van der Waals surface area contributed by atoms with Crippen molar-refractivity contribution in [3.8, 4) is 5.75 Å². The van der Waals surface area contributed by atoms with Crippen LogP contribution in [0.4, 0.5) is 0 Å². The topological polar surface area (TPSA) is 52.3 Å². The van der Waals surface area contributed by atoms with Crippen molar-refractivity contribution in [3.05, 3.63) is 29.3 Å². The predicted molar refractivity (Wildman–Crippen MR) is 69.0 cm³/mol. The van der Waals surface area contributed by atoms with E-state index < -0.39 is 6.04 Å². The zero-order valence-corrected chi connectivity index (χ0v) is 11.0. The third kappa shape index (κ3) is 4.57. The zero-order chi connectivity index (χ0) is 13.0. The average Bonchev–Trinajstić information content (AvgIpc) is 2.14.